The molecule has 0 amide bonds. The summed E-state index contributed by atoms with van der Waals surface area (Å²) in [5.74, 6) is 0. The number of hydrogen-bond donors (Lipinski definition) is 0. The summed E-state index contributed by atoms with van der Waals surface area (Å²) in [6.45, 7) is 1.95. The average molecular weight is 241 g/mol. The van der Waals surface area contributed by atoms with Crippen molar-refractivity contribution in [1.29, 1.82) is 0 Å². The van der Waals surface area contributed by atoms with Gasteiger partial charge < -0.3 is 0 Å². The zero-order valence-electron chi connectivity index (χ0n) is 6.85. The van der Waals surface area contributed by atoms with Crippen LogP contribution in [0.5, 0.6) is 0 Å². The molecule has 13 heavy (non-hydrogen) atoms. The summed E-state index contributed by atoms with van der Waals surface area (Å²) < 4.78 is 2.09. The van der Waals surface area contributed by atoms with E-state index < -0.39 is 0 Å². The molecule has 1 aromatic heterocycles. The molecule has 0 saturated carbocycles. The minimum atomic E-state index is -0.371. The molecule has 0 atom stereocenters. The van der Waals surface area contributed by atoms with Crippen LogP contribution in [0.15, 0.2) is 18.2 Å². The van der Waals surface area contributed by atoms with Crippen molar-refractivity contribution in [2.24, 2.45) is 0 Å². The van der Waals surface area contributed by atoms with Gasteiger partial charge in [0, 0.05) is 0 Å². The van der Waals surface area contributed by atoms with E-state index in [0.29, 0.717) is 0 Å². The van der Waals surface area contributed by atoms with Gasteiger partial charge in [-0.15, -0.1) is 0 Å². The number of hydrogen-bond acceptors (Lipinski definition) is 3. The van der Waals surface area contributed by atoms with Gasteiger partial charge in [-0.3, -0.25) is 0 Å². The summed E-state index contributed by atoms with van der Waals surface area (Å²) >= 11 is 0.182. The van der Waals surface area contributed by atoms with E-state index in [2.05, 4.69) is 4.98 Å². The van der Waals surface area contributed by atoms with Crippen molar-refractivity contribution in [3.8, 4) is 0 Å². The summed E-state index contributed by atoms with van der Waals surface area (Å²) in [5.41, 5.74) is 1.05. The van der Waals surface area contributed by atoms with Gasteiger partial charge in [0.05, 0.1) is 0 Å². The van der Waals surface area contributed by atoms with E-state index in [1.54, 1.807) is 12.1 Å². The van der Waals surface area contributed by atoms with Gasteiger partial charge in [0.25, 0.3) is 0 Å². The Kier molecular flexibility index (Phi) is 1.90. The first-order valence-corrected chi connectivity index (χ1v) is 5.40. The van der Waals surface area contributed by atoms with Crippen molar-refractivity contribution in [1.82, 2.24) is 4.98 Å². The maximum atomic E-state index is 10.5. The van der Waals surface area contributed by atoms with Crippen LogP contribution in [0.2, 0.25) is 0 Å². The molecule has 2 rings (SSSR count). The van der Waals surface area contributed by atoms with Crippen LogP contribution in [-0.2, 0) is 0 Å². The molecule has 0 bridgehead atoms. The first kappa shape index (κ1) is 8.41. The Morgan fingerprint density at radius 2 is 2.31 bits per heavy atom. The molecule has 4 nitrogen and oxygen atoms in total. The fraction of sp³-hybridized carbons (Fsp3) is 0.125. The number of nitrogens with zero attached hydrogens (tertiary/aromatic N) is 2. The van der Waals surface area contributed by atoms with Gasteiger partial charge in [-0.25, -0.2) is 0 Å². The van der Waals surface area contributed by atoms with E-state index in [-0.39, 0.29) is 25.1 Å². The molecule has 0 radical (unpaired) electrons. The maximum absolute atomic E-state index is 10.5. The predicted molar refractivity (Wildman–Crippen MR) is 50.1 cm³/mol. The molecule has 0 aliphatic heterocycles. The molecular weight excluding hydrogens is 235 g/mol. The summed E-state index contributed by atoms with van der Waals surface area (Å²) in [6, 6.07) is 4.83. The standard InChI is InChI=1S/C8H6N2O2Se/c1-5-9-7-3-2-6(10(11)12)4-8(7)13-5/h2-4H,1H3. The molecule has 0 saturated heterocycles. The molecule has 2 aromatic rings. The predicted octanol–water partition coefficient (Wildman–Crippen LogP) is 1.51. The van der Waals surface area contributed by atoms with Crippen molar-refractivity contribution in [3.05, 3.63) is 32.9 Å². The van der Waals surface area contributed by atoms with Crippen LogP contribution in [0.4, 0.5) is 5.69 Å². The van der Waals surface area contributed by atoms with Gasteiger partial charge in [0.2, 0.25) is 0 Å². The number of fused-ring (bicyclic) bond motifs is 1. The van der Waals surface area contributed by atoms with Crippen molar-refractivity contribution in [3.63, 3.8) is 0 Å². The molecule has 0 aliphatic carbocycles. The Morgan fingerprint density at radius 1 is 1.54 bits per heavy atom. The van der Waals surface area contributed by atoms with Gasteiger partial charge in [-0.2, -0.15) is 0 Å². The molecule has 0 fully saturated rings. The molecule has 66 valence electrons. The summed E-state index contributed by atoms with van der Waals surface area (Å²) in [5, 5.41) is 10.5. The van der Waals surface area contributed by atoms with Crippen LogP contribution in [0, 0.1) is 17.0 Å². The Bertz CT molecular complexity index is 478. The van der Waals surface area contributed by atoms with Crippen molar-refractivity contribution >= 4 is 30.0 Å². The molecular formula is C8H6N2O2Se. The molecule has 5 heteroatoms. The average Bonchev–Trinajstić information content (AvgIpc) is 2.42. The summed E-state index contributed by atoms with van der Waals surface area (Å²) in [7, 11) is 0. The van der Waals surface area contributed by atoms with Gasteiger partial charge >= 0.3 is 79.7 Å². The number of benzene rings is 1. The van der Waals surface area contributed by atoms with E-state index in [0.717, 1.165) is 14.3 Å². The SMILES string of the molecule is Cc1nc2ccc([N+](=O)[O-])cc2[se]1. The Labute approximate surface area is 80.1 Å². The van der Waals surface area contributed by atoms with Gasteiger partial charge in [0.1, 0.15) is 0 Å². The van der Waals surface area contributed by atoms with Crippen molar-refractivity contribution in [2.45, 2.75) is 6.92 Å². The third-order valence-corrected chi connectivity index (χ3v) is 3.65. The number of aryl methyl sites for hydroxylation is 1. The van der Waals surface area contributed by atoms with E-state index in [1.807, 2.05) is 6.92 Å². The normalized spacial score (nSPS) is 10.5. The number of aromatic nitrogens is 1. The summed E-state index contributed by atoms with van der Waals surface area (Å²) in [4.78, 5) is 14.4. The molecule has 0 N–H and O–H groups in total. The molecule has 1 heterocycles. The fourth-order valence-corrected chi connectivity index (χ4v) is 2.95. The quantitative estimate of drug-likeness (QED) is 0.432. The zero-order valence-corrected chi connectivity index (χ0v) is 8.56. The monoisotopic (exact) mass is 242 g/mol. The first-order valence-electron chi connectivity index (χ1n) is 3.68. The van der Waals surface area contributed by atoms with E-state index >= 15 is 0 Å². The van der Waals surface area contributed by atoms with Crippen LogP contribution < -0.4 is 0 Å². The van der Waals surface area contributed by atoms with Crippen LogP contribution in [-0.4, -0.2) is 24.4 Å². The zero-order chi connectivity index (χ0) is 9.42. The van der Waals surface area contributed by atoms with Crippen molar-refractivity contribution < 1.29 is 4.92 Å². The van der Waals surface area contributed by atoms with Crippen LogP contribution in [0.3, 0.4) is 0 Å². The second-order valence-corrected chi connectivity index (χ2v) is 5.23. The van der Waals surface area contributed by atoms with Crippen molar-refractivity contribution in [2.75, 3.05) is 0 Å². The van der Waals surface area contributed by atoms with Crippen LogP contribution in [0.1, 0.15) is 4.57 Å². The number of non-ortho nitro benzene ring substituents is 1. The van der Waals surface area contributed by atoms with E-state index in [4.69, 9.17) is 0 Å². The van der Waals surface area contributed by atoms with Gasteiger partial charge in [-0.1, -0.05) is 0 Å². The second-order valence-electron chi connectivity index (χ2n) is 2.64. The minimum absolute atomic E-state index is 0.158. The molecule has 1 aromatic carbocycles. The Hall–Kier alpha value is -1.19. The van der Waals surface area contributed by atoms with Crippen LogP contribution >= 0.6 is 0 Å². The van der Waals surface area contributed by atoms with E-state index in [1.165, 1.54) is 6.07 Å². The topological polar surface area (TPSA) is 56.0 Å². The molecule has 0 spiro atoms. The van der Waals surface area contributed by atoms with Gasteiger partial charge in [0.15, 0.2) is 0 Å². The number of nitro groups is 1. The molecule has 0 unspecified atom stereocenters. The van der Waals surface area contributed by atoms with Crippen LogP contribution in [0.25, 0.3) is 9.78 Å². The number of nitro benzene ring substituents is 1. The number of rotatable bonds is 1. The Balaban J connectivity index is 2.67. The van der Waals surface area contributed by atoms with E-state index in [9.17, 15) is 10.1 Å². The third kappa shape index (κ3) is 1.48. The third-order valence-electron chi connectivity index (χ3n) is 1.69. The van der Waals surface area contributed by atoms with Gasteiger partial charge in [-0.05, 0) is 0 Å². The first-order chi connectivity index (χ1) is 6.16. The Morgan fingerprint density at radius 3 is 3.00 bits per heavy atom. The summed E-state index contributed by atoms with van der Waals surface area (Å²) in [6.07, 6.45) is 0. The fourth-order valence-electron chi connectivity index (χ4n) is 1.14. The second kappa shape index (κ2) is 2.94. The molecule has 0 aliphatic rings.